The molecular formula is C10H9F6N5. The van der Waals surface area contributed by atoms with Gasteiger partial charge >= 0.3 is 12.4 Å². The lowest BCUT2D eigenvalue weighted by atomic mass is 10.3. The van der Waals surface area contributed by atoms with Crippen LogP contribution in [0.25, 0.3) is 5.65 Å². The summed E-state index contributed by atoms with van der Waals surface area (Å²) in [5, 5.41) is 9.91. The lowest BCUT2D eigenvalue weighted by Crippen LogP contribution is -2.25. The molecule has 0 atom stereocenters. The third kappa shape index (κ3) is 3.52. The van der Waals surface area contributed by atoms with Crippen LogP contribution in [-0.2, 0) is 6.18 Å². The second-order valence-electron chi connectivity index (χ2n) is 4.27. The summed E-state index contributed by atoms with van der Waals surface area (Å²) in [6.07, 6.45) is -10.2. The molecular weight excluding hydrogens is 304 g/mol. The monoisotopic (exact) mass is 313 g/mol. The van der Waals surface area contributed by atoms with Crippen LogP contribution < -0.4 is 4.90 Å². The van der Waals surface area contributed by atoms with Crippen LogP contribution in [0.2, 0.25) is 0 Å². The number of rotatable bonds is 3. The molecule has 11 heteroatoms. The van der Waals surface area contributed by atoms with E-state index in [4.69, 9.17) is 0 Å². The van der Waals surface area contributed by atoms with Gasteiger partial charge in [-0.2, -0.15) is 30.9 Å². The van der Waals surface area contributed by atoms with E-state index in [1.165, 1.54) is 19.2 Å². The molecule has 2 heterocycles. The molecule has 0 aromatic carbocycles. The van der Waals surface area contributed by atoms with Gasteiger partial charge in [-0.1, -0.05) is 0 Å². The Morgan fingerprint density at radius 3 is 2.33 bits per heavy atom. The lowest BCUT2D eigenvalue weighted by molar-refractivity contribution is -0.146. The molecule has 0 saturated carbocycles. The first-order valence-corrected chi connectivity index (χ1v) is 5.65. The minimum absolute atomic E-state index is 0.0444. The summed E-state index contributed by atoms with van der Waals surface area (Å²) in [5.74, 6) is -1.37. The zero-order chi connectivity index (χ0) is 15.8. The summed E-state index contributed by atoms with van der Waals surface area (Å²) in [6.45, 7) is -0.425. The van der Waals surface area contributed by atoms with Crippen LogP contribution in [0.1, 0.15) is 12.2 Å². The molecule has 0 N–H and O–H groups in total. The Morgan fingerprint density at radius 2 is 1.76 bits per heavy atom. The van der Waals surface area contributed by atoms with Crippen LogP contribution in [0.4, 0.5) is 32.2 Å². The Hall–Kier alpha value is -2.07. The molecule has 0 saturated heterocycles. The highest BCUT2D eigenvalue weighted by Crippen LogP contribution is 2.28. The maximum Gasteiger partial charge on any atom is 0.453 e. The fourth-order valence-corrected chi connectivity index (χ4v) is 1.57. The van der Waals surface area contributed by atoms with E-state index in [1.807, 2.05) is 0 Å². The summed E-state index contributed by atoms with van der Waals surface area (Å²) >= 11 is 0. The molecule has 2 aromatic heterocycles. The molecule has 116 valence electrons. The molecule has 0 unspecified atom stereocenters. The number of nitrogens with zero attached hydrogens (tertiary/aromatic N) is 5. The highest BCUT2D eigenvalue weighted by Gasteiger charge is 2.37. The highest BCUT2D eigenvalue weighted by molar-refractivity contribution is 5.45. The molecule has 0 fully saturated rings. The van der Waals surface area contributed by atoms with Gasteiger partial charge in [0.1, 0.15) is 5.82 Å². The summed E-state index contributed by atoms with van der Waals surface area (Å²) in [7, 11) is 1.30. The molecule has 0 spiro atoms. The molecule has 2 rings (SSSR count). The highest BCUT2D eigenvalue weighted by atomic mass is 19.4. The quantitative estimate of drug-likeness (QED) is 0.817. The average Bonchev–Trinajstić information content (AvgIpc) is 2.77. The molecule has 5 nitrogen and oxygen atoms in total. The van der Waals surface area contributed by atoms with Crippen molar-refractivity contribution < 1.29 is 26.3 Å². The zero-order valence-corrected chi connectivity index (χ0v) is 10.6. The van der Waals surface area contributed by atoms with Crippen molar-refractivity contribution in [2.75, 3.05) is 18.5 Å². The molecule has 0 radical (unpaired) electrons. The Bertz CT molecular complexity index is 631. The van der Waals surface area contributed by atoms with E-state index in [-0.39, 0.29) is 11.5 Å². The molecule has 2 aromatic rings. The molecule has 0 aliphatic heterocycles. The Kier molecular flexibility index (Phi) is 3.68. The van der Waals surface area contributed by atoms with Crippen molar-refractivity contribution in [1.82, 2.24) is 19.8 Å². The Balaban J connectivity index is 2.29. The normalized spacial score (nSPS) is 12.9. The summed E-state index contributed by atoms with van der Waals surface area (Å²) in [6, 6.07) is 2.48. The van der Waals surface area contributed by atoms with E-state index in [1.54, 1.807) is 0 Å². The number of aromatic nitrogens is 4. The van der Waals surface area contributed by atoms with Crippen molar-refractivity contribution in [3.8, 4) is 0 Å². The van der Waals surface area contributed by atoms with Gasteiger partial charge in [-0.15, -0.1) is 15.3 Å². The van der Waals surface area contributed by atoms with Gasteiger partial charge < -0.3 is 4.90 Å². The smallest absolute Gasteiger partial charge is 0.358 e. The zero-order valence-electron chi connectivity index (χ0n) is 10.6. The number of hydrogen-bond donors (Lipinski definition) is 0. The van der Waals surface area contributed by atoms with E-state index in [0.29, 0.717) is 4.52 Å². The predicted octanol–water partition coefficient (Wildman–Crippen LogP) is 2.53. The molecule has 0 bridgehead atoms. The predicted molar refractivity (Wildman–Crippen MR) is 59.7 cm³/mol. The van der Waals surface area contributed by atoms with E-state index in [9.17, 15) is 26.3 Å². The van der Waals surface area contributed by atoms with Crippen molar-refractivity contribution in [3.05, 3.63) is 18.0 Å². The first kappa shape index (κ1) is 15.3. The summed E-state index contributed by atoms with van der Waals surface area (Å²) in [4.78, 5) is 1.10. The van der Waals surface area contributed by atoms with Gasteiger partial charge in [0.2, 0.25) is 0 Å². The minimum atomic E-state index is -4.75. The topological polar surface area (TPSA) is 46.3 Å². The van der Waals surface area contributed by atoms with Gasteiger partial charge in [0, 0.05) is 13.6 Å². The van der Waals surface area contributed by atoms with Crippen molar-refractivity contribution in [2.24, 2.45) is 0 Å². The van der Waals surface area contributed by atoms with Crippen LogP contribution in [-0.4, -0.2) is 39.6 Å². The summed E-state index contributed by atoms with van der Waals surface area (Å²) in [5.41, 5.74) is -0.143. The van der Waals surface area contributed by atoms with Gasteiger partial charge in [0.15, 0.2) is 5.65 Å². The third-order valence-electron chi connectivity index (χ3n) is 2.62. The van der Waals surface area contributed by atoms with E-state index >= 15 is 0 Å². The third-order valence-corrected chi connectivity index (χ3v) is 2.62. The molecule has 0 aliphatic carbocycles. The van der Waals surface area contributed by atoms with Crippen LogP contribution in [0.15, 0.2) is 12.1 Å². The van der Waals surface area contributed by atoms with Crippen LogP contribution in [0.3, 0.4) is 0 Å². The van der Waals surface area contributed by atoms with Gasteiger partial charge in [-0.3, -0.25) is 0 Å². The van der Waals surface area contributed by atoms with Crippen molar-refractivity contribution >= 4 is 11.5 Å². The Labute approximate surface area is 114 Å². The fraction of sp³-hybridized carbons (Fsp3) is 0.500. The standard InChI is InChI=1S/C10H9F6N5/c1-20(5-4-9(11,12)13)7-3-2-6-17-18-8(10(14,15)16)21(6)19-7/h2-3H,4-5H2,1H3. The van der Waals surface area contributed by atoms with E-state index in [0.717, 1.165) is 4.90 Å². The Morgan fingerprint density at radius 1 is 1.10 bits per heavy atom. The van der Waals surface area contributed by atoms with Gasteiger partial charge in [-0.25, -0.2) is 0 Å². The SMILES string of the molecule is CN(CCC(F)(F)F)c1ccc2nnc(C(F)(F)F)n2n1. The van der Waals surface area contributed by atoms with Gasteiger partial charge in [0.25, 0.3) is 5.82 Å². The summed E-state index contributed by atoms with van der Waals surface area (Å²) < 4.78 is 74.8. The first-order valence-electron chi connectivity index (χ1n) is 5.65. The minimum Gasteiger partial charge on any atom is -0.358 e. The van der Waals surface area contributed by atoms with Crippen LogP contribution >= 0.6 is 0 Å². The lowest BCUT2D eigenvalue weighted by Gasteiger charge is -2.19. The van der Waals surface area contributed by atoms with Crippen LogP contribution in [0, 0.1) is 0 Å². The second kappa shape index (κ2) is 5.04. The molecule has 0 amide bonds. The fourth-order valence-electron chi connectivity index (χ4n) is 1.57. The van der Waals surface area contributed by atoms with E-state index in [2.05, 4.69) is 15.3 Å². The number of halogens is 6. The largest absolute Gasteiger partial charge is 0.453 e. The van der Waals surface area contributed by atoms with Gasteiger partial charge in [-0.05, 0) is 12.1 Å². The van der Waals surface area contributed by atoms with Crippen LogP contribution in [0.5, 0.6) is 0 Å². The average molecular weight is 313 g/mol. The van der Waals surface area contributed by atoms with Crippen molar-refractivity contribution in [2.45, 2.75) is 18.8 Å². The van der Waals surface area contributed by atoms with Gasteiger partial charge in [0.05, 0.1) is 6.42 Å². The number of anilines is 1. The van der Waals surface area contributed by atoms with Crippen molar-refractivity contribution in [1.29, 1.82) is 0 Å². The second-order valence-corrected chi connectivity index (χ2v) is 4.27. The maximum absolute atomic E-state index is 12.7. The first-order chi connectivity index (χ1) is 9.58. The number of alkyl halides is 6. The number of hydrogen-bond acceptors (Lipinski definition) is 4. The maximum atomic E-state index is 12.7. The molecule has 0 aliphatic rings. The number of fused-ring (bicyclic) bond motifs is 1. The van der Waals surface area contributed by atoms with E-state index < -0.39 is 31.1 Å². The van der Waals surface area contributed by atoms with Crippen molar-refractivity contribution in [3.63, 3.8) is 0 Å². The molecule has 21 heavy (non-hydrogen) atoms.